The molecule has 48 heavy (non-hydrogen) atoms. The maximum absolute atomic E-state index is 13.0. The summed E-state index contributed by atoms with van der Waals surface area (Å²) in [5.41, 5.74) is 6.35. The van der Waals surface area contributed by atoms with Crippen molar-refractivity contribution in [2.75, 3.05) is 49.9 Å². The van der Waals surface area contributed by atoms with Crippen LogP contribution >= 0.6 is 65.7 Å². The fourth-order valence-corrected chi connectivity index (χ4v) is 9.32. The number of carbonyl (C=O) groups excluding carboxylic acids is 2. The summed E-state index contributed by atoms with van der Waals surface area (Å²) >= 11 is 15.8. The number of aryl methyl sites for hydroxylation is 1. The Bertz CT molecular complexity index is 1420. The average Bonchev–Trinajstić information content (AvgIpc) is 3.41. The van der Waals surface area contributed by atoms with Crippen LogP contribution in [0.3, 0.4) is 0 Å². The monoisotopic (exact) mass is 840 g/mol. The topological polar surface area (TPSA) is 218 Å². The maximum atomic E-state index is 13.0. The van der Waals surface area contributed by atoms with E-state index in [-0.39, 0.29) is 60.0 Å². The quantitative estimate of drug-likeness (QED) is 0.0609. The van der Waals surface area contributed by atoms with Crippen molar-refractivity contribution < 1.29 is 37.6 Å². The number of thiophene rings is 1. The van der Waals surface area contributed by atoms with Crippen molar-refractivity contribution in [2.45, 2.75) is 46.3 Å². The van der Waals surface area contributed by atoms with E-state index in [0.29, 0.717) is 28.9 Å². The van der Waals surface area contributed by atoms with Crippen molar-refractivity contribution in [3.63, 3.8) is 0 Å². The first-order valence-electron chi connectivity index (χ1n) is 14.1. The van der Waals surface area contributed by atoms with Gasteiger partial charge in [0.25, 0.3) is 13.2 Å². The molecule has 22 heteroatoms. The molecule has 3 unspecified atom stereocenters. The first-order valence-corrected chi connectivity index (χ1v) is 20.8. The first kappa shape index (κ1) is 46.3. The fraction of sp³-hybridized carbons (Fsp3) is 0.577. The molecule has 2 aromatic heterocycles. The Hall–Kier alpha value is -1.69. The molecule has 2 heterocycles. The Balaban J connectivity index is 0.000000887. The molecule has 0 amide bonds. The molecule has 0 fully saturated rings. The number of pyridine rings is 1. The average molecular weight is 842 g/mol. The Labute approximate surface area is 302 Å². The first-order chi connectivity index (χ1) is 22.5. The number of rotatable bonds is 20. The molecule has 2 aromatic rings. The second kappa shape index (κ2) is 23.7. The predicted molar refractivity (Wildman–Crippen MR) is 192 cm³/mol. The standard InChI is InChI=1S/C14H20Cl2N3O5P.C11H19BrN3O4PS.CH2O/c1-11(20)9-14(13-10-12(19(21)22)3-6-17-13)24-25(2,23)18(7-4-15)8-5-16;1-3-5-14(6-4-12)20(13,18)19-8-10-7-9(2)11(21-10)15(16)17;1-2/h3,6,10,14H,4-5,7-9H2,1-2H3;7H,3-6,8H2,1-2H3,(H2,13,18);1H2. The molecule has 0 aliphatic carbocycles. The van der Waals surface area contributed by atoms with E-state index in [1.165, 1.54) is 36.6 Å². The number of aromatic nitrogens is 1. The van der Waals surface area contributed by atoms with E-state index in [1.807, 2.05) is 13.7 Å². The zero-order chi connectivity index (χ0) is 37.1. The lowest BCUT2D eigenvalue weighted by Gasteiger charge is -2.30. The highest BCUT2D eigenvalue weighted by Crippen LogP contribution is 2.51. The van der Waals surface area contributed by atoms with Gasteiger partial charge >= 0.3 is 12.7 Å². The highest BCUT2D eigenvalue weighted by atomic mass is 79.9. The number of alkyl halides is 3. The number of carbonyl (C=O) groups is 2. The number of halogens is 3. The molecule has 3 atom stereocenters. The molecule has 0 radical (unpaired) electrons. The summed E-state index contributed by atoms with van der Waals surface area (Å²) < 4.78 is 39.6. The van der Waals surface area contributed by atoms with Gasteiger partial charge in [0.1, 0.15) is 18.7 Å². The Morgan fingerprint density at radius 1 is 1.12 bits per heavy atom. The number of ketones is 1. The highest BCUT2D eigenvalue weighted by Gasteiger charge is 2.32. The number of nitrogens with two attached hydrogens (primary N) is 1. The normalized spacial score (nSPS) is 14.1. The lowest BCUT2D eigenvalue weighted by atomic mass is 10.1. The molecule has 272 valence electrons. The third kappa shape index (κ3) is 16.3. The molecule has 2 N–H and O–H groups in total. The Kier molecular flexibility index (Phi) is 22.8. The van der Waals surface area contributed by atoms with E-state index in [0.717, 1.165) is 17.8 Å². The van der Waals surface area contributed by atoms with E-state index in [2.05, 4.69) is 20.9 Å². The van der Waals surface area contributed by atoms with E-state index < -0.39 is 31.1 Å². The molecule has 0 saturated carbocycles. The molecule has 16 nitrogen and oxygen atoms in total. The van der Waals surface area contributed by atoms with Crippen molar-refractivity contribution in [1.82, 2.24) is 14.3 Å². The summed E-state index contributed by atoms with van der Waals surface area (Å²) in [6.07, 6.45) is 0.976. The summed E-state index contributed by atoms with van der Waals surface area (Å²) in [5.74, 6) is 0.231. The van der Waals surface area contributed by atoms with Gasteiger partial charge in [0.05, 0.1) is 22.1 Å². The van der Waals surface area contributed by atoms with Gasteiger partial charge in [0.15, 0.2) is 0 Å². The van der Waals surface area contributed by atoms with Crippen LogP contribution < -0.4 is 5.50 Å². The van der Waals surface area contributed by atoms with Gasteiger partial charge in [-0.05, 0) is 26.3 Å². The van der Waals surface area contributed by atoms with Crippen LogP contribution in [0.4, 0.5) is 10.7 Å². The minimum Gasteiger partial charge on any atom is -0.307 e. The Morgan fingerprint density at radius 3 is 2.19 bits per heavy atom. The molecule has 0 aliphatic heterocycles. The zero-order valence-electron chi connectivity index (χ0n) is 27.0. The van der Waals surface area contributed by atoms with Crippen LogP contribution in [0.5, 0.6) is 0 Å². The van der Waals surface area contributed by atoms with Gasteiger partial charge in [-0.2, -0.15) is 0 Å². The van der Waals surface area contributed by atoms with Gasteiger partial charge in [-0.3, -0.25) is 39.1 Å². The van der Waals surface area contributed by atoms with Crippen molar-refractivity contribution >= 4 is 88.9 Å². The predicted octanol–water partition coefficient (Wildman–Crippen LogP) is 7.10. The van der Waals surface area contributed by atoms with Crippen LogP contribution in [0, 0.1) is 27.2 Å². The van der Waals surface area contributed by atoms with Crippen LogP contribution in [0.25, 0.3) is 0 Å². The van der Waals surface area contributed by atoms with E-state index in [9.17, 15) is 34.2 Å². The van der Waals surface area contributed by atoms with Crippen molar-refractivity contribution in [3.05, 3.63) is 60.8 Å². The van der Waals surface area contributed by atoms with E-state index >= 15 is 0 Å². The van der Waals surface area contributed by atoms with Crippen LogP contribution in [0.2, 0.25) is 0 Å². The van der Waals surface area contributed by atoms with Crippen LogP contribution in [0.1, 0.15) is 48.9 Å². The van der Waals surface area contributed by atoms with Gasteiger partial charge in [-0.25, -0.2) is 14.8 Å². The lowest BCUT2D eigenvalue weighted by Crippen LogP contribution is -2.28. The third-order valence-electron chi connectivity index (χ3n) is 6.02. The molecule has 0 spiro atoms. The maximum Gasteiger partial charge on any atom is 0.341 e. The van der Waals surface area contributed by atoms with Gasteiger partial charge in [0.2, 0.25) is 0 Å². The van der Waals surface area contributed by atoms with Crippen molar-refractivity contribution in [3.8, 4) is 0 Å². The molecule has 0 bridgehead atoms. The zero-order valence-corrected chi connectivity index (χ0v) is 32.7. The molecule has 0 aliphatic rings. The highest BCUT2D eigenvalue weighted by molar-refractivity contribution is 9.09. The van der Waals surface area contributed by atoms with Crippen molar-refractivity contribution in [2.24, 2.45) is 5.50 Å². The number of nitro groups is 2. The Morgan fingerprint density at radius 2 is 1.73 bits per heavy atom. The largest absolute Gasteiger partial charge is 0.341 e. The summed E-state index contributed by atoms with van der Waals surface area (Å²) in [5, 5.41) is 22.5. The molecule has 2 rings (SSSR count). The molecular formula is C26H41BrCl2N6O10P2S. The fourth-order valence-electron chi connectivity index (χ4n) is 3.93. The molecule has 0 aromatic carbocycles. The van der Waals surface area contributed by atoms with Gasteiger partial charge in [-0.15, -0.1) is 23.2 Å². The van der Waals surface area contributed by atoms with Crippen molar-refractivity contribution in [1.29, 1.82) is 0 Å². The molecule has 0 saturated heterocycles. The number of Topliss-reactive ketones (excluding diaryl/α,β-unsaturated/α-hetero) is 1. The summed E-state index contributed by atoms with van der Waals surface area (Å²) in [7, 11) is -6.74. The van der Waals surface area contributed by atoms with Crippen LogP contribution in [0.15, 0.2) is 24.4 Å². The second-order valence-electron chi connectivity index (χ2n) is 9.77. The van der Waals surface area contributed by atoms with Gasteiger partial charge in [-0.1, -0.05) is 34.2 Å². The minimum atomic E-state index is -3.39. The lowest BCUT2D eigenvalue weighted by molar-refractivity contribution is -0.385. The SMILES string of the molecule is C=O.CC(=O)CC(OP(C)(=O)N(CCCl)CCCl)c1cc([N+](=O)[O-])ccn1.CCCN(CCBr)P(N)(=O)OCc1cc(C)c([N+](=O)[O-])s1. The third-order valence-corrected chi connectivity index (χ3v) is 11.6. The van der Waals surface area contributed by atoms with E-state index in [1.54, 1.807) is 17.7 Å². The van der Waals surface area contributed by atoms with Gasteiger partial charge in [0, 0.05) is 85.1 Å². The second-order valence-corrected chi connectivity index (χ2v) is 16.8. The number of hydrogen-bond donors (Lipinski definition) is 1. The number of nitrogens with zero attached hydrogens (tertiary/aromatic N) is 5. The van der Waals surface area contributed by atoms with Gasteiger partial charge < -0.3 is 13.8 Å². The summed E-state index contributed by atoms with van der Waals surface area (Å²) in [6, 6.07) is 4.10. The smallest absolute Gasteiger partial charge is 0.307 e. The molecular weight excluding hydrogens is 801 g/mol. The minimum absolute atomic E-state index is 0.00955. The van der Waals surface area contributed by atoms with E-state index in [4.69, 9.17) is 42.5 Å². The van der Waals surface area contributed by atoms with Crippen LogP contribution in [-0.4, -0.2) is 86.7 Å². The number of hydrogen-bond acceptors (Lipinski definition) is 12. The summed E-state index contributed by atoms with van der Waals surface area (Å²) in [6.45, 7) is 10.1. The van der Waals surface area contributed by atoms with Crippen LogP contribution in [-0.2, 0) is 34.4 Å². The summed E-state index contributed by atoms with van der Waals surface area (Å²) in [4.78, 5) is 45.0.